The summed E-state index contributed by atoms with van der Waals surface area (Å²) in [5, 5.41) is 3.18. The lowest BCUT2D eigenvalue weighted by Crippen LogP contribution is -2.32. The normalized spacial score (nSPS) is 13.6. The summed E-state index contributed by atoms with van der Waals surface area (Å²) >= 11 is 0. The number of anilines is 2. The van der Waals surface area contributed by atoms with E-state index in [1.54, 1.807) is 24.3 Å². The largest absolute Gasteiger partial charge is 0.494 e. The van der Waals surface area contributed by atoms with Gasteiger partial charge in [0.15, 0.2) is 0 Å². The highest BCUT2D eigenvalue weighted by atomic mass is 16.5. The molecule has 6 heteroatoms. The zero-order valence-electron chi connectivity index (χ0n) is 19.8. The number of carbonyl (C=O) groups excluding carboxylic acids is 2. The van der Waals surface area contributed by atoms with Crippen LogP contribution in [0.3, 0.4) is 0 Å². The van der Waals surface area contributed by atoms with E-state index in [4.69, 9.17) is 9.47 Å². The second-order valence-corrected chi connectivity index (χ2v) is 8.31. The number of hydrogen-bond donors (Lipinski definition) is 1. The summed E-state index contributed by atoms with van der Waals surface area (Å²) in [6.45, 7) is 8.30. The van der Waals surface area contributed by atoms with Crippen LogP contribution >= 0.6 is 0 Å². The quantitative estimate of drug-likeness (QED) is 0.449. The van der Waals surface area contributed by atoms with Gasteiger partial charge in [0.2, 0.25) is 0 Å². The van der Waals surface area contributed by atoms with Gasteiger partial charge in [-0.25, -0.2) is 4.90 Å². The monoisotopic (exact) mass is 456 g/mol. The molecule has 1 N–H and O–H groups in total. The third-order valence-corrected chi connectivity index (χ3v) is 5.31. The topological polar surface area (TPSA) is 67.9 Å². The van der Waals surface area contributed by atoms with Crippen LogP contribution in [-0.2, 0) is 9.59 Å². The minimum atomic E-state index is -0.417. The van der Waals surface area contributed by atoms with E-state index in [1.165, 1.54) is 4.90 Å². The SMILES string of the molecule is CCOc1cccc(NC2=C(c3ccc(C)cc3)C(=O)N(c3ccc(OC(C)C)cc3)C2=O)c1. The van der Waals surface area contributed by atoms with Crippen molar-refractivity contribution in [2.75, 3.05) is 16.8 Å². The van der Waals surface area contributed by atoms with Gasteiger partial charge in [-0.15, -0.1) is 0 Å². The first-order valence-corrected chi connectivity index (χ1v) is 11.3. The lowest BCUT2D eigenvalue weighted by molar-refractivity contribution is -0.120. The Morgan fingerprint density at radius 3 is 2.24 bits per heavy atom. The number of imide groups is 1. The molecule has 0 radical (unpaired) electrons. The Labute approximate surface area is 199 Å². The summed E-state index contributed by atoms with van der Waals surface area (Å²) < 4.78 is 11.3. The molecule has 6 nitrogen and oxygen atoms in total. The molecule has 0 fully saturated rings. The molecular formula is C28H28N2O4. The van der Waals surface area contributed by atoms with Crippen LogP contribution in [0.25, 0.3) is 5.57 Å². The van der Waals surface area contributed by atoms with E-state index >= 15 is 0 Å². The van der Waals surface area contributed by atoms with E-state index in [9.17, 15) is 9.59 Å². The summed E-state index contributed by atoms with van der Waals surface area (Å²) in [5.74, 6) is 0.560. The molecule has 174 valence electrons. The number of benzene rings is 3. The fourth-order valence-corrected chi connectivity index (χ4v) is 3.79. The molecule has 0 unspecified atom stereocenters. The smallest absolute Gasteiger partial charge is 0.282 e. The number of ether oxygens (including phenoxy) is 2. The van der Waals surface area contributed by atoms with Gasteiger partial charge in [-0.3, -0.25) is 9.59 Å². The third-order valence-electron chi connectivity index (χ3n) is 5.31. The molecule has 1 aliphatic rings. The van der Waals surface area contributed by atoms with Crippen LogP contribution in [0.15, 0.2) is 78.5 Å². The van der Waals surface area contributed by atoms with E-state index in [0.29, 0.717) is 40.6 Å². The molecule has 3 aromatic carbocycles. The van der Waals surface area contributed by atoms with Crippen molar-refractivity contribution < 1.29 is 19.1 Å². The van der Waals surface area contributed by atoms with Gasteiger partial charge in [0.1, 0.15) is 17.2 Å². The number of amides is 2. The number of aryl methyl sites for hydroxylation is 1. The predicted octanol–water partition coefficient (Wildman–Crippen LogP) is 5.58. The molecular weight excluding hydrogens is 428 g/mol. The Bertz CT molecular complexity index is 1230. The molecule has 0 saturated heterocycles. The van der Waals surface area contributed by atoms with E-state index in [2.05, 4.69) is 5.32 Å². The first-order valence-electron chi connectivity index (χ1n) is 11.3. The molecule has 0 saturated carbocycles. The summed E-state index contributed by atoms with van der Waals surface area (Å²) in [7, 11) is 0. The van der Waals surface area contributed by atoms with Gasteiger partial charge in [-0.05, 0) is 69.7 Å². The Hall–Kier alpha value is -4.06. The number of rotatable bonds is 8. The van der Waals surface area contributed by atoms with Gasteiger partial charge >= 0.3 is 0 Å². The number of nitrogens with zero attached hydrogens (tertiary/aromatic N) is 1. The Kier molecular flexibility index (Phi) is 6.68. The second-order valence-electron chi connectivity index (χ2n) is 8.31. The van der Waals surface area contributed by atoms with Gasteiger partial charge in [-0.2, -0.15) is 0 Å². The maximum Gasteiger partial charge on any atom is 0.282 e. The van der Waals surface area contributed by atoms with Crippen molar-refractivity contribution in [3.63, 3.8) is 0 Å². The predicted molar refractivity (Wildman–Crippen MR) is 134 cm³/mol. The molecule has 0 bridgehead atoms. The van der Waals surface area contributed by atoms with Gasteiger partial charge in [0.05, 0.1) is 24.0 Å². The molecule has 0 atom stereocenters. The van der Waals surface area contributed by atoms with Crippen molar-refractivity contribution in [1.29, 1.82) is 0 Å². The lowest BCUT2D eigenvalue weighted by atomic mass is 10.0. The molecule has 4 rings (SSSR count). The Morgan fingerprint density at radius 1 is 0.882 bits per heavy atom. The number of nitrogens with one attached hydrogen (secondary N) is 1. The van der Waals surface area contributed by atoms with E-state index in [0.717, 1.165) is 5.56 Å². The lowest BCUT2D eigenvalue weighted by Gasteiger charge is -2.17. The van der Waals surface area contributed by atoms with Crippen LogP contribution in [0, 0.1) is 6.92 Å². The van der Waals surface area contributed by atoms with Crippen LogP contribution < -0.4 is 19.7 Å². The van der Waals surface area contributed by atoms with Crippen molar-refractivity contribution in [1.82, 2.24) is 0 Å². The van der Waals surface area contributed by atoms with Crippen LogP contribution in [0.1, 0.15) is 31.9 Å². The number of hydrogen-bond acceptors (Lipinski definition) is 5. The highest BCUT2D eigenvalue weighted by Gasteiger charge is 2.40. The molecule has 2 amide bonds. The summed E-state index contributed by atoms with van der Waals surface area (Å²) in [4.78, 5) is 28.4. The summed E-state index contributed by atoms with van der Waals surface area (Å²) in [6.07, 6.45) is 0.0268. The minimum Gasteiger partial charge on any atom is -0.494 e. The van der Waals surface area contributed by atoms with E-state index in [1.807, 2.05) is 76.2 Å². The zero-order chi connectivity index (χ0) is 24.2. The maximum atomic E-state index is 13.6. The first-order chi connectivity index (χ1) is 16.4. The molecule has 1 heterocycles. The zero-order valence-corrected chi connectivity index (χ0v) is 19.8. The van der Waals surface area contributed by atoms with E-state index < -0.39 is 5.91 Å². The highest BCUT2D eigenvalue weighted by molar-refractivity contribution is 6.46. The van der Waals surface area contributed by atoms with Crippen molar-refractivity contribution in [3.8, 4) is 11.5 Å². The van der Waals surface area contributed by atoms with Gasteiger partial charge in [-0.1, -0.05) is 35.9 Å². The summed E-state index contributed by atoms with van der Waals surface area (Å²) in [5.41, 5.74) is 3.44. The number of carbonyl (C=O) groups is 2. The fourth-order valence-electron chi connectivity index (χ4n) is 3.79. The van der Waals surface area contributed by atoms with Crippen LogP contribution in [-0.4, -0.2) is 24.5 Å². The Balaban J connectivity index is 1.73. The average molecular weight is 457 g/mol. The highest BCUT2D eigenvalue weighted by Crippen LogP contribution is 2.35. The van der Waals surface area contributed by atoms with Gasteiger partial charge in [0.25, 0.3) is 11.8 Å². The fraction of sp³-hybridized carbons (Fsp3) is 0.214. The molecule has 0 aliphatic carbocycles. The molecule has 34 heavy (non-hydrogen) atoms. The first kappa shape index (κ1) is 23.1. The molecule has 3 aromatic rings. The third kappa shape index (κ3) is 4.81. The van der Waals surface area contributed by atoms with Crippen molar-refractivity contribution in [2.45, 2.75) is 33.8 Å². The Morgan fingerprint density at radius 2 is 1.59 bits per heavy atom. The average Bonchev–Trinajstić information content (AvgIpc) is 3.04. The second kappa shape index (κ2) is 9.83. The summed E-state index contributed by atoms with van der Waals surface area (Å²) in [6, 6.07) is 21.9. The molecule has 1 aliphatic heterocycles. The molecule has 0 aromatic heterocycles. The standard InChI is InChI=1S/C28H28N2O4/c1-5-33-24-8-6-7-21(17-24)29-26-25(20-11-9-19(4)10-12-20)27(31)30(28(26)32)22-13-15-23(16-14-22)34-18(2)3/h6-18,29H,5H2,1-4H3. The van der Waals surface area contributed by atoms with Crippen molar-refractivity contribution in [2.24, 2.45) is 0 Å². The maximum absolute atomic E-state index is 13.6. The van der Waals surface area contributed by atoms with Crippen LogP contribution in [0.5, 0.6) is 11.5 Å². The van der Waals surface area contributed by atoms with Crippen LogP contribution in [0.2, 0.25) is 0 Å². The van der Waals surface area contributed by atoms with Gasteiger partial charge in [0, 0.05) is 11.8 Å². The van der Waals surface area contributed by atoms with Crippen LogP contribution in [0.4, 0.5) is 11.4 Å². The van der Waals surface area contributed by atoms with Gasteiger partial charge < -0.3 is 14.8 Å². The van der Waals surface area contributed by atoms with Crippen molar-refractivity contribution in [3.05, 3.63) is 89.6 Å². The molecule has 0 spiro atoms. The van der Waals surface area contributed by atoms with E-state index in [-0.39, 0.29) is 17.7 Å². The minimum absolute atomic E-state index is 0.0268. The van der Waals surface area contributed by atoms with Crippen molar-refractivity contribution >= 4 is 28.8 Å².